The lowest BCUT2D eigenvalue weighted by Crippen LogP contribution is -2.63. The van der Waals surface area contributed by atoms with Gasteiger partial charge in [-0.3, -0.25) is 9.59 Å². The quantitative estimate of drug-likeness (QED) is 0.418. The lowest BCUT2D eigenvalue weighted by atomic mass is 9.44. The van der Waals surface area contributed by atoms with Gasteiger partial charge in [-0.25, -0.2) is 4.68 Å². The topological polar surface area (TPSA) is 120 Å². The number of aromatic nitrogens is 3. The third kappa shape index (κ3) is 4.36. The van der Waals surface area contributed by atoms with Gasteiger partial charge in [-0.2, -0.15) is 0 Å². The Balaban J connectivity index is 1.45. The lowest BCUT2D eigenvalue weighted by molar-refractivity contribution is -0.207. The molecule has 210 valence electrons. The Kier molecular flexibility index (Phi) is 7.08. The first kappa shape index (κ1) is 27.7. The van der Waals surface area contributed by atoms with Gasteiger partial charge in [0.1, 0.15) is 24.1 Å². The van der Waals surface area contributed by atoms with Crippen LogP contribution in [0.4, 0.5) is 0 Å². The molecule has 3 N–H and O–H groups in total. The SMILES string of the molecule is C=C[C@]1(C)C[C@@H](OC(=O)Cn2cc(-c3cccc(CN)c3)nn2)[C@]2(C)[C@H](C)CC[C@]3(CCC(=O)[C@H]32)[C@@H](C)[C@@H]1O. The number of nitrogens with zero attached hydrogens (tertiary/aromatic N) is 3. The highest BCUT2D eigenvalue weighted by atomic mass is 16.5. The third-order valence-electron chi connectivity index (χ3n) is 10.9. The van der Waals surface area contributed by atoms with Crippen molar-refractivity contribution in [2.24, 2.45) is 39.7 Å². The second-order valence-corrected chi connectivity index (χ2v) is 12.8. The molecule has 0 unspecified atom stereocenters. The van der Waals surface area contributed by atoms with Crippen molar-refractivity contribution in [1.29, 1.82) is 0 Å². The molecule has 1 aromatic carbocycles. The van der Waals surface area contributed by atoms with Crippen molar-refractivity contribution in [1.82, 2.24) is 15.0 Å². The molecule has 0 spiro atoms. The van der Waals surface area contributed by atoms with Crippen LogP contribution in [0, 0.1) is 34.0 Å². The molecule has 8 atom stereocenters. The number of carbonyl (C=O) groups is 2. The Morgan fingerprint density at radius 2 is 2.08 bits per heavy atom. The summed E-state index contributed by atoms with van der Waals surface area (Å²) in [7, 11) is 0. The Morgan fingerprint density at radius 1 is 1.31 bits per heavy atom. The number of hydrogen-bond acceptors (Lipinski definition) is 7. The van der Waals surface area contributed by atoms with Gasteiger partial charge in [-0.15, -0.1) is 11.7 Å². The zero-order chi connectivity index (χ0) is 28.2. The van der Waals surface area contributed by atoms with Crippen molar-refractivity contribution in [3.05, 3.63) is 48.7 Å². The molecule has 3 fully saturated rings. The number of aliphatic hydroxyl groups is 1. The standard InChI is InChI=1S/C31H42N4O4/c1-6-29(4)15-25(30(5)19(2)10-12-31(20(3)28(29)38)13-11-24(36)27(30)31)39-26(37)18-35-17-23(33-34-35)22-9-7-8-21(14-22)16-32/h6-9,14,17,19-20,25,27-28,38H,1,10-13,15-16,18,32H2,2-5H3/t19-,20+,25-,27+,28+,29-,30+,31+/m1/s1. The highest BCUT2D eigenvalue weighted by Gasteiger charge is 2.68. The van der Waals surface area contributed by atoms with E-state index in [4.69, 9.17) is 10.5 Å². The van der Waals surface area contributed by atoms with E-state index in [1.807, 2.05) is 37.3 Å². The van der Waals surface area contributed by atoms with Crippen LogP contribution in [0.5, 0.6) is 0 Å². The molecule has 5 rings (SSSR count). The molecule has 1 heterocycles. The summed E-state index contributed by atoms with van der Waals surface area (Å²) < 4.78 is 7.80. The number of ether oxygens (including phenoxy) is 1. The smallest absolute Gasteiger partial charge is 0.328 e. The minimum atomic E-state index is -0.690. The summed E-state index contributed by atoms with van der Waals surface area (Å²) in [6.45, 7) is 12.8. The maximum Gasteiger partial charge on any atom is 0.328 e. The van der Waals surface area contributed by atoms with E-state index < -0.39 is 29.0 Å². The van der Waals surface area contributed by atoms with Crippen LogP contribution in [-0.4, -0.2) is 44.1 Å². The normalized spacial score (nSPS) is 38.0. The average molecular weight is 535 g/mol. The predicted octanol–water partition coefficient (Wildman–Crippen LogP) is 4.31. The van der Waals surface area contributed by atoms with Gasteiger partial charge in [0.15, 0.2) is 0 Å². The number of benzene rings is 1. The maximum absolute atomic E-state index is 13.5. The lowest BCUT2D eigenvalue weighted by Gasteiger charge is -2.61. The van der Waals surface area contributed by atoms with Gasteiger partial charge in [0.2, 0.25) is 0 Å². The van der Waals surface area contributed by atoms with Crippen LogP contribution in [0.3, 0.4) is 0 Å². The van der Waals surface area contributed by atoms with Crippen LogP contribution >= 0.6 is 0 Å². The van der Waals surface area contributed by atoms with E-state index in [1.54, 1.807) is 6.20 Å². The Hall–Kier alpha value is -2.84. The molecule has 1 aromatic heterocycles. The molecule has 0 radical (unpaired) electrons. The van der Waals surface area contributed by atoms with Gasteiger partial charge in [0.25, 0.3) is 0 Å². The van der Waals surface area contributed by atoms with Crippen molar-refractivity contribution in [2.75, 3.05) is 0 Å². The van der Waals surface area contributed by atoms with Crippen LogP contribution in [0.2, 0.25) is 0 Å². The summed E-state index contributed by atoms with van der Waals surface area (Å²) >= 11 is 0. The van der Waals surface area contributed by atoms with Crippen molar-refractivity contribution in [3.8, 4) is 11.3 Å². The van der Waals surface area contributed by atoms with E-state index in [1.165, 1.54) is 4.68 Å². The van der Waals surface area contributed by atoms with E-state index in [0.717, 1.165) is 30.4 Å². The van der Waals surface area contributed by atoms with Gasteiger partial charge >= 0.3 is 5.97 Å². The van der Waals surface area contributed by atoms with E-state index in [-0.39, 0.29) is 35.5 Å². The van der Waals surface area contributed by atoms with Crippen LogP contribution in [0.15, 0.2) is 43.1 Å². The number of ketones is 1. The predicted molar refractivity (Wildman–Crippen MR) is 148 cm³/mol. The average Bonchev–Trinajstić information content (AvgIpc) is 3.54. The first-order valence-corrected chi connectivity index (χ1v) is 14.2. The minimum absolute atomic E-state index is 0.0632. The number of carbonyl (C=O) groups excluding carboxylic acids is 2. The largest absolute Gasteiger partial charge is 0.460 e. The maximum atomic E-state index is 13.5. The summed E-state index contributed by atoms with van der Waals surface area (Å²) in [5, 5.41) is 20.1. The molecule has 8 heteroatoms. The van der Waals surface area contributed by atoms with Crippen molar-refractivity contribution in [2.45, 2.75) is 85.1 Å². The third-order valence-corrected chi connectivity index (χ3v) is 10.9. The summed E-state index contributed by atoms with van der Waals surface area (Å²) in [6, 6.07) is 7.76. The molecule has 0 amide bonds. The molecule has 3 aliphatic carbocycles. The summed E-state index contributed by atoms with van der Waals surface area (Å²) in [6.07, 6.45) is 5.83. The number of nitrogens with two attached hydrogens (primary N) is 1. The first-order chi connectivity index (χ1) is 18.5. The molecular formula is C31H42N4O4. The fraction of sp³-hybridized carbons (Fsp3) is 0.613. The molecule has 0 saturated heterocycles. The van der Waals surface area contributed by atoms with Crippen molar-refractivity contribution < 1.29 is 19.4 Å². The van der Waals surface area contributed by atoms with Crippen molar-refractivity contribution in [3.63, 3.8) is 0 Å². The number of hydrogen-bond donors (Lipinski definition) is 2. The molecular weight excluding hydrogens is 492 g/mol. The van der Waals surface area contributed by atoms with Crippen molar-refractivity contribution >= 4 is 11.8 Å². The molecule has 39 heavy (non-hydrogen) atoms. The molecule has 8 nitrogen and oxygen atoms in total. The van der Waals surface area contributed by atoms with Gasteiger partial charge in [0, 0.05) is 35.3 Å². The fourth-order valence-corrected chi connectivity index (χ4v) is 8.20. The minimum Gasteiger partial charge on any atom is -0.460 e. The Morgan fingerprint density at radius 3 is 2.79 bits per heavy atom. The van der Waals surface area contributed by atoms with E-state index in [9.17, 15) is 14.7 Å². The van der Waals surface area contributed by atoms with Crippen LogP contribution in [-0.2, 0) is 27.4 Å². The molecule has 3 saturated carbocycles. The Bertz CT molecular complexity index is 1270. The van der Waals surface area contributed by atoms with E-state index in [0.29, 0.717) is 25.1 Å². The second kappa shape index (κ2) is 9.97. The zero-order valence-electron chi connectivity index (χ0n) is 23.6. The molecule has 2 aromatic rings. The van der Waals surface area contributed by atoms with Gasteiger partial charge in [-0.1, -0.05) is 57.2 Å². The van der Waals surface area contributed by atoms with Gasteiger partial charge < -0.3 is 15.6 Å². The summed E-state index contributed by atoms with van der Waals surface area (Å²) in [5.74, 6) is -0.325. The number of rotatable bonds is 6. The highest BCUT2D eigenvalue weighted by molar-refractivity contribution is 5.85. The van der Waals surface area contributed by atoms with E-state index >= 15 is 0 Å². The molecule has 3 aliphatic rings. The second-order valence-electron chi connectivity index (χ2n) is 12.8. The monoisotopic (exact) mass is 534 g/mol. The van der Waals surface area contributed by atoms with Gasteiger partial charge in [-0.05, 0) is 54.6 Å². The number of Topliss-reactive ketones (excluding diaryl/α,β-unsaturated/α-hetero) is 1. The molecule has 2 bridgehead atoms. The first-order valence-electron chi connectivity index (χ1n) is 14.2. The van der Waals surface area contributed by atoms with Crippen LogP contribution in [0.1, 0.15) is 65.4 Å². The van der Waals surface area contributed by atoms with Gasteiger partial charge in [0.05, 0.1) is 12.3 Å². The fourth-order valence-electron chi connectivity index (χ4n) is 8.20. The number of esters is 1. The van der Waals surface area contributed by atoms with Crippen LogP contribution in [0.25, 0.3) is 11.3 Å². The summed E-state index contributed by atoms with van der Waals surface area (Å²) in [5.41, 5.74) is 6.77. The highest BCUT2D eigenvalue weighted by Crippen LogP contribution is 2.68. The number of aliphatic hydroxyl groups excluding tert-OH is 1. The van der Waals surface area contributed by atoms with Crippen LogP contribution < -0.4 is 5.73 Å². The zero-order valence-corrected chi connectivity index (χ0v) is 23.6. The Labute approximate surface area is 231 Å². The summed E-state index contributed by atoms with van der Waals surface area (Å²) in [4.78, 5) is 27.0. The molecule has 0 aliphatic heterocycles. The van der Waals surface area contributed by atoms with E-state index in [2.05, 4.69) is 37.7 Å².